The number of nitrogens with zero attached hydrogens (tertiary/aromatic N) is 2. The second-order valence-corrected chi connectivity index (χ2v) is 7.02. The Kier molecular flexibility index (Phi) is 5.66. The van der Waals surface area contributed by atoms with Crippen molar-refractivity contribution in [2.24, 2.45) is 0 Å². The summed E-state index contributed by atoms with van der Waals surface area (Å²) in [5, 5.41) is 2.34. The summed E-state index contributed by atoms with van der Waals surface area (Å²) in [4.78, 5) is 30.3. The molecular weight excluding hydrogens is 360 g/mol. The molecule has 0 saturated heterocycles. The van der Waals surface area contributed by atoms with Gasteiger partial charge in [-0.25, -0.2) is 9.78 Å². The number of aromatic nitrogens is 1. The summed E-state index contributed by atoms with van der Waals surface area (Å²) in [5.74, 6) is -0.520. The Morgan fingerprint density at radius 3 is 2.48 bits per heavy atom. The fraction of sp³-hybridized carbons (Fsp3) is 0.190. The van der Waals surface area contributed by atoms with Crippen molar-refractivity contribution in [2.45, 2.75) is 27.4 Å². The molecule has 0 aliphatic carbocycles. The van der Waals surface area contributed by atoms with Crippen LogP contribution in [0.2, 0.25) is 0 Å². The first kappa shape index (κ1) is 18.8. The highest BCUT2D eigenvalue weighted by molar-refractivity contribution is 7.14. The molecule has 0 N–H and O–H groups in total. The van der Waals surface area contributed by atoms with Crippen LogP contribution in [0.3, 0.4) is 0 Å². The van der Waals surface area contributed by atoms with Gasteiger partial charge in [-0.05, 0) is 49.2 Å². The summed E-state index contributed by atoms with van der Waals surface area (Å²) >= 11 is 1.34. The average Bonchev–Trinajstić information content (AvgIpc) is 3.11. The van der Waals surface area contributed by atoms with Gasteiger partial charge >= 0.3 is 5.97 Å². The van der Waals surface area contributed by atoms with E-state index in [1.54, 1.807) is 16.3 Å². The maximum absolute atomic E-state index is 12.2. The number of para-hydroxylation sites is 1. The highest BCUT2D eigenvalue weighted by Gasteiger charge is 2.18. The van der Waals surface area contributed by atoms with Crippen LogP contribution in [0.15, 0.2) is 53.9 Å². The van der Waals surface area contributed by atoms with Crippen molar-refractivity contribution in [2.75, 3.05) is 4.90 Å². The molecule has 1 aromatic heterocycles. The zero-order valence-corrected chi connectivity index (χ0v) is 16.2. The molecule has 3 aromatic rings. The second kappa shape index (κ2) is 8.14. The van der Waals surface area contributed by atoms with Crippen molar-refractivity contribution in [3.63, 3.8) is 0 Å². The van der Waals surface area contributed by atoms with Crippen molar-refractivity contribution in [1.82, 2.24) is 4.98 Å². The zero-order chi connectivity index (χ0) is 19.4. The lowest BCUT2D eigenvalue weighted by atomic mass is 10.1. The van der Waals surface area contributed by atoms with E-state index < -0.39 is 0 Å². The predicted octanol–water partition coefficient (Wildman–Crippen LogP) is 4.80. The van der Waals surface area contributed by atoms with Crippen LogP contribution >= 0.6 is 11.3 Å². The van der Waals surface area contributed by atoms with Gasteiger partial charge in [-0.3, -0.25) is 9.69 Å². The van der Waals surface area contributed by atoms with Gasteiger partial charge in [-0.1, -0.05) is 24.3 Å². The van der Waals surface area contributed by atoms with Crippen LogP contribution in [0.25, 0.3) is 0 Å². The van der Waals surface area contributed by atoms with Gasteiger partial charge < -0.3 is 4.74 Å². The van der Waals surface area contributed by atoms with Crippen molar-refractivity contribution >= 4 is 34.0 Å². The Hall–Kier alpha value is -2.99. The largest absolute Gasteiger partial charge is 0.456 e. The summed E-state index contributed by atoms with van der Waals surface area (Å²) < 4.78 is 5.37. The van der Waals surface area contributed by atoms with Crippen molar-refractivity contribution in [3.8, 4) is 0 Å². The van der Waals surface area contributed by atoms with Crippen LogP contribution in [-0.4, -0.2) is 16.9 Å². The molecule has 0 saturated carbocycles. The Bertz CT molecular complexity index is 967. The topological polar surface area (TPSA) is 59.5 Å². The normalized spacial score (nSPS) is 10.5. The lowest BCUT2D eigenvalue weighted by molar-refractivity contribution is -0.115. The fourth-order valence-electron chi connectivity index (χ4n) is 2.56. The van der Waals surface area contributed by atoms with Gasteiger partial charge in [-0.15, -0.1) is 11.3 Å². The van der Waals surface area contributed by atoms with Crippen LogP contribution in [0.4, 0.5) is 10.8 Å². The van der Waals surface area contributed by atoms with Crippen LogP contribution in [-0.2, 0) is 16.1 Å². The molecule has 0 aliphatic heterocycles. The first-order valence-electron chi connectivity index (χ1n) is 8.50. The van der Waals surface area contributed by atoms with E-state index in [2.05, 4.69) is 4.98 Å². The quantitative estimate of drug-likeness (QED) is 0.597. The fourth-order valence-corrected chi connectivity index (χ4v) is 3.43. The molecule has 0 spiro atoms. The minimum Gasteiger partial charge on any atom is -0.456 e. The minimum atomic E-state index is -0.390. The number of rotatable bonds is 5. The molecule has 2 aromatic carbocycles. The molecule has 138 valence electrons. The van der Waals surface area contributed by atoms with Crippen LogP contribution in [0, 0.1) is 13.8 Å². The molecule has 0 atom stereocenters. The number of hydrogen-bond donors (Lipinski definition) is 0. The van der Waals surface area contributed by atoms with Gasteiger partial charge in [0.1, 0.15) is 6.61 Å². The lowest BCUT2D eigenvalue weighted by Gasteiger charge is -2.17. The molecule has 0 aliphatic rings. The lowest BCUT2D eigenvalue weighted by Crippen LogP contribution is -2.22. The number of benzene rings is 2. The Balaban J connectivity index is 1.71. The molecule has 27 heavy (non-hydrogen) atoms. The van der Waals surface area contributed by atoms with Gasteiger partial charge in [0.25, 0.3) is 0 Å². The number of esters is 1. The number of hydrogen-bond acceptors (Lipinski definition) is 5. The number of anilines is 2. The van der Waals surface area contributed by atoms with Crippen LogP contribution in [0.5, 0.6) is 0 Å². The molecule has 3 rings (SSSR count). The molecule has 6 heteroatoms. The third-order valence-corrected chi connectivity index (χ3v) is 5.03. The van der Waals surface area contributed by atoms with Crippen molar-refractivity contribution in [3.05, 3.63) is 76.3 Å². The number of thiazole rings is 1. The monoisotopic (exact) mass is 380 g/mol. The Labute approximate surface area is 162 Å². The van der Waals surface area contributed by atoms with Crippen LogP contribution < -0.4 is 4.90 Å². The summed E-state index contributed by atoms with van der Waals surface area (Å²) in [6.07, 6.45) is 0. The van der Waals surface area contributed by atoms with E-state index in [9.17, 15) is 9.59 Å². The number of amides is 1. The highest BCUT2D eigenvalue weighted by atomic mass is 32.1. The highest BCUT2D eigenvalue weighted by Crippen LogP contribution is 2.29. The van der Waals surface area contributed by atoms with Gasteiger partial charge in [-0.2, -0.15) is 0 Å². The van der Waals surface area contributed by atoms with E-state index in [0.29, 0.717) is 16.4 Å². The van der Waals surface area contributed by atoms with Crippen molar-refractivity contribution < 1.29 is 14.3 Å². The number of aryl methyl sites for hydroxylation is 2. The molecule has 0 bridgehead atoms. The summed E-state index contributed by atoms with van der Waals surface area (Å²) in [6, 6.07) is 14.8. The van der Waals surface area contributed by atoms with Crippen molar-refractivity contribution in [1.29, 1.82) is 0 Å². The van der Waals surface area contributed by atoms with E-state index >= 15 is 0 Å². The minimum absolute atomic E-state index is 0.0583. The van der Waals surface area contributed by atoms with E-state index in [0.717, 1.165) is 16.8 Å². The summed E-state index contributed by atoms with van der Waals surface area (Å²) in [7, 11) is 0. The SMILES string of the molecule is CC(=O)N(c1ccccc1)c1nc(COC(=O)c2ccc(C)c(C)c2)cs1. The number of ether oxygens (including phenoxy) is 1. The third kappa shape index (κ3) is 4.41. The van der Waals surface area contributed by atoms with E-state index in [4.69, 9.17) is 4.74 Å². The Morgan fingerprint density at radius 1 is 1.07 bits per heavy atom. The standard InChI is InChI=1S/C21H20N2O3S/c1-14-9-10-17(11-15(14)2)20(25)26-12-18-13-27-21(22-18)23(16(3)24)19-7-5-4-6-8-19/h4-11,13H,12H2,1-3H3. The van der Waals surface area contributed by atoms with E-state index in [1.165, 1.54) is 18.3 Å². The summed E-state index contributed by atoms with van der Waals surface area (Å²) in [5.41, 5.74) is 4.04. The molecule has 0 fully saturated rings. The van der Waals surface area contributed by atoms with Gasteiger partial charge in [0.05, 0.1) is 16.9 Å². The Morgan fingerprint density at radius 2 is 1.81 bits per heavy atom. The molecule has 0 radical (unpaired) electrons. The molecular formula is C21H20N2O3S. The maximum atomic E-state index is 12.2. The van der Waals surface area contributed by atoms with Gasteiger partial charge in [0.2, 0.25) is 5.91 Å². The predicted molar refractivity (Wildman–Crippen MR) is 106 cm³/mol. The maximum Gasteiger partial charge on any atom is 0.338 e. The second-order valence-electron chi connectivity index (χ2n) is 6.19. The first-order valence-corrected chi connectivity index (χ1v) is 9.38. The summed E-state index contributed by atoms with van der Waals surface area (Å²) in [6.45, 7) is 5.50. The van der Waals surface area contributed by atoms with E-state index in [-0.39, 0.29) is 18.5 Å². The molecule has 1 heterocycles. The first-order chi connectivity index (χ1) is 13.0. The van der Waals surface area contributed by atoms with Gasteiger partial charge in [0.15, 0.2) is 5.13 Å². The van der Waals surface area contributed by atoms with Gasteiger partial charge in [0, 0.05) is 12.3 Å². The molecule has 0 unspecified atom stereocenters. The third-order valence-electron chi connectivity index (χ3n) is 4.15. The van der Waals surface area contributed by atoms with Crippen LogP contribution in [0.1, 0.15) is 34.1 Å². The average molecular weight is 380 g/mol. The smallest absolute Gasteiger partial charge is 0.338 e. The number of carbonyl (C=O) groups excluding carboxylic acids is 2. The molecule has 1 amide bonds. The number of carbonyl (C=O) groups is 2. The zero-order valence-electron chi connectivity index (χ0n) is 15.4. The molecule has 5 nitrogen and oxygen atoms in total. The van der Waals surface area contributed by atoms with E-state index in [1.807, 2.05) is 56.3 Å².